The summed E-state index contributed by atoms with van der Waals surface area (Å²) in [5.74, 6) is -0.776. The Morgan fingerprint density at radius 2 is 1.88 bits per heavy atom. The molecule has 0 spiro atoms. The van der Waals surface area contributed by atoms with Crippen molar-refractivity contribution in [3.8, 4) is 17.2 Å². The Hall–Kier alpha value is -1.75. The lowest BCUT2D eigenvalue weighted by Gasteiger charge is -2.12. The fourth-order valence-corrected chi connectivity index (χ4v) is 1.27. The molecule has 5 heteroatoms. The van der Waals surface area contributed by atoms with Crippen molar-refractivity contribution in [2.24, 2.45) is 0 Å². The molecule has 0 saturated carbocycles. The molecule has 0 aliphatic rings. The van der Waals surface area contributed by atoms with E-state index in [9.17, 15) is 15.0 Å². The predicted molar refractivity (Wildman–Crippen MR) is 57.1 cm³/mol. The largest absolute Gasteiger partial charge is 0.507 e. The fraction of sp³-hybridized carbons (Fsp3) is 0.364. The lowest BCUT2D eigenvalue weighted by Crippen LogP contribution is -2.07. The van der Waals surface area contributed by atoms with Crippen LogP contribution >= 0.6 is 0 Å². The van der Waals surface area contributed by atoms with Crippen LogP contribution in [0.15, 0.2) is 12.1 Å². The van der Waals surface area contributed by atoms with Gasteiger partial charge in [0, 0.05) is 7.11 Å². The molecule has 0 saturated heterocycles. The van der Waals surface area contributed by atoms with Gasteiger partial charge in [0.2, 0.25) is 0 Å². The van der Waals surface area contributed by atoms with Gasteiger partial charge in [-0.3, -0.25) is 4.79 Å². The molecule has 0 heterocycles. The van der Waals surface area contributed by atoms with Gasteiger partial charge in [-0.1, -0.05) is 0 Å². The molecule has 0 fully saturated rings. The molecule has 0 atom stereocenters. The molecule has 0 amide bonds. The number of aromatic hydroxyl groups is 2. The zero-order valence-electron chi connectivity index (χ0n) is 9.19. The summed E-state index contributed by atoms with van der Waals surface area (Å²) in [4.78, 5) is 11.3. The van der Waals surface area contributed by atoms with Crippen LogP contribution in [-0.4, -0.2) is 36.3 Å². The topological polar surface area (TPSA) is 76.0 Å². The monoisotopic (exact) mass is 226 g/mol. The lowest BCUT2D eigenvalue weighted by molar-refractivity contribution is 0.100. The molecule has 1 aromatic rings. The normalized spacial score (nSPS) is 10.1. The third kappa shape index (κ3) is 2.64. The van der Waals surface area contributed by atoms with E-state index in [0.29, 0.717) is 6.61 Å². The SMILES string of the molecule is COCCOc1c(O)ccc(O)c1C(C)=O. The first kappa shape index (κ1) is 12.3. The van der Waals surface area contributed by atoms with Crippen LogP contribution in [0.4, 0.5) is 0 Å². The summed E-state index contributed by atoms with van der Waals surface area (Å²) in [6, 6.07) is 2.51. The maximum absolute atomic E-state index is 11.3. The summed E-state index contributed by atoms with van der Waals surface area (Å²) in [7, 11) is 1.51. The summed E-state index contributed by atoms with van der Waals surface area (Å²) < 4.78 is 9.97. The van der Waals surface area contributed by atoms with E-state index in [1.54, 1.807) is 0 Å². The van der Waals surface area contributed by atoms with E-state index in [1.807, 2.05) is 0 Å². The van der Waals surface area contributed by atoms with Crippen LogP contribution in [0.3, 0.4) is 0 Å². The minimum atomic E-state index is -0.374. The Balaban J connectivity index is 3.03. The number of ether oxygens (including phenoxy) is 2. The van der Waals surface area contributed by atoms with Gasteiger partial charge < -0.3 is 19.7 Å². The predicted octanol–water partition coefficient (Wildman–Crippen LogP) is 1.33. The third-order valence-electron chi connectivity index (χ3n) is 2.00. The Kier molecular flexibility index (Phi) is 4.13. The molecule has 0 aliphatic heterocycles. The summed E-state index contributed by atoms with van der Waals surface area (Å²) in [5, 5.41) is 19.0. The highest BCUT2D eigenvalue weighted by Gasteiger charge is 2.17. The summed E-state index contributed by atoms with van der Waals surface area (Å²) in [5.41, 5.74) is -0.0175. The standard InChI is InChI=1S/C11H14O5/c1-7(12)10-8(13)3-4-9(14)11(10)16-6-5-15-2/h3-4,13-14H,5-6H2,1-2H3. The number of phenols is 2. The van der Waals surface area contributed by atoms with Crippen molar-refractivity contribution in [2.45, 2.75) is 6.92 Å². The first-order chi connectivity index (χ1) is 7.57. The van der Waals surface area contributed by atoms with Gasteiger partial charge in [0.15, 0.2) is 17.3 Å². The van der Waals surface area contributed by atoms with E-state index in [1.165, 1.54) is 26.2 Å². The number of hydrogen-bond acceptors (Lipinski definition) is 5. The van der Waals surface area contributed by atoms with E-state index in [4.69, 9.17) is 9.47 Å². The molecule has 1 rings (SSSR count). The molecular weight excluding hydrogens is 212 g/mol. The first-order valence-corrected chi connectivity index (χ1v) is 4.75. The van der Waals surface area contributed by atoms with Gasteiger partial charge in [-0.05, 0) is 19.1 Å². The van der Waals surface area contributed by atoms with Gasteiger partial charge in [0.25, 0.3) is 0 Å². The lowest BCUT2D eigenvalue weighted by atomic mass is 10.1. The van der Waals surface area contributed by atoms with Gasteiger partial charge in [-0.2, -0.15) is 0 Å². The second kappa shape index (κ2) is 5.37. The summed E-state index contributed by atoms with van der Waals surface area (Å²) in [6.45, 7) is 1.80. The van der Waals surface area contributed by atoms with Gasteiger partial charge >= 0.3 is 0 Å². The van der Waals surface area contributed by atoms with Gasteiger partial charge in [-0.15, -0.1) is 0 Å². The number of ketones is 1. The second-order valence-electron chi connectivity index (χ2n) is 3.21. The molecule has 2 N–H and O–H groups in total. The third-order valence-corrected chi connectivity index (χ3v) is 2.00. The number of benzene rings is 1. The number of carbonyl (C=O) groups excluding carboxylic acids is 1. The Morgan fingerprint density at radius 1 is 1.25 bits per heavy atom. The van der Waals surface area contributed by atoms with Gasteiger partial charge in [-0.25, -0.2) is 0 Å². The van der Waals surface area contributed by atoms with Crippen molar-refractivity contribution in [1.29, 1.82) is 0 Å². The van der Waals surface area contributed by atoms with Crippen LogP contribution < -0.4 is 4.74 Å². The molecular formula is C11H14O5. The van der Waals surface area contributed by atoms with E-state index in [2.05, 4.69) is 0 Å². The van der Waals surface area contributed by atoms with Crippen molar-refractivity contribution in [1.82, 2.24) is 0 Å². The van der Waals surface area contributed by atoms with E-state index in [0.717, 1.165) is 0 Å². The molecule has 0 aliphatic carbocycles. The number of phenolic OH excluding ortho intramolecular Hbond substituents is 2. The maximum Gasteiger partial charge on any atom is 0.175 e. The average molecular weight is 226 g/mol. The number of rotatable bonds is 5. The molecule has 16 heavy (non-hydrogen) atoms. The number of carbonyl (C=O) groups is 1. The number of Topliss-reactive ketones (excluding diaryl/α,β-unsaturated/α-hetero) is 1. The highest BCUT2D eigenvalue weighted by atomic mass is 16.5. The molecule has 0 bridgehead atoms. The van der Waals surface area contributed by atoms with Gasteiger partial charge in [0.1, 0.15) is 17.9 Å². The van der Waals surface area contributed by atoms with Crippen LogP contribution in [0, 0.1) is 0 Å². The minimum absolute atomic E-state index is 0.00968. The highest BCUT2D eigenvalue weighted by Crippen LogP contribution is 2.36. The zero-order chi connectivity index (χ0) is 12.1. The Labute approximate surface area is 93.2 Å². The van der Waals surface area contributed by atoms with Crippen molar-refractivity contribution in [3.05, 3.63) is 17.7 Å². The van der Waals surface area contributed by atoms with Crippen LogP contribution in [0.25, 0.3) is 0 Å². The molecule has 0 aromatic heterocycles. The second-order valence-corrected chi connectivity index (χ2v) is 3.21. The molecule has 1 aromatic carbocycles. The van der Waals surface area contributed by atoms with E-state index in [-0.39, 0.29) is 35.2 Å². The van der Waals surface area contributed by atoms with Crippen molar-refractivity contribution in [2.75, 3.05) is 20.3 Å². The first-order valence-electron chi connectivity index (χ1n) is 4.75. The highest BCUT2D eigenvalue weighted by molar-refractivity contribution is 6.00. The summed E-state index contributed by atoms with van der Waals surface area (Å²) in [6.07, 6.45) is 0. The Bertz CT molecular complexity index is 386. The van der Waals surface area contributed by atoms with E-state index >= 15 is 0 Å². The van der Waals surface area contributed by atoms with Crippen LogP contribution in [-0.2, 0) is 4.74 Å². The minimum Gasteiger partial charge on any atom is -0.507 e. The van der Waals surface area contributed by atoms with Crippen molar-refractivity contribution in [3.63, 3.8) is 0 Å². The van der Waals surface area contributed by atoms with Crippen molar-refractivity contribution >= 4 is 5.78 Å². The number of hydrogen-bond donors (Lipinski definition) is 2. The molecule has 5 nitrogen and oxygen atoms in total. The van der Waals surface area contributed by atoms with Gasteiger partial charge in [0.05, 0.1) is 6.61 Å². The quantitative estimate of drug-likeness (QED) is 0.450. The van der Waals surface area contributed by atoms with Crippen LogP contribution in [0.5, 0.6) is 17.2 Å². The molecule has 88 valence electrons. The molecule has 0 unspecified atom stereocenters. The zero-order valence-corrected chi connectivity index (χ0v) is 9.19. The average Bonchev–Trinajstić information content (AvgIpc) is 2.23. The fourth-order valence-electron chi connectivity index (χ4n) is 1.27. The smallest absolute Gasteiger partial charge is 0.175 e. The maximum atomic E-state index is 11.3. The Morgan fingerprint density at radius 3 is 2.44 bits per heavy atom. The molecule has 0 radical (unpaired) electrons. The van der Waals surface area contributed by atoms with Crippen LogP contribution in [0.2, 0.25) is 0 Å². The number of methoxy groups -OCH3 is 1. The van der Waals surface area contributed by atoms with Crippen LogP contribution in [0.1, 0.15) is 17.3 Å². The summed E-state index contributed by atoms with van der Waals surface area (Å²) >= 11 is 0. The van der Waals surface area contributed by atoms with E-state index < -0.39 is 0 Å². The van der Waals surface area contributed by atoms with Crippen molar-refractivity contribution < 1.29 is 24.5 Å².